The Morgan fingerprint density at radius 1 is 0.941 bits per heavy atom. The minimum atomic E-state index is -4.48. The maximum Gasteiger partial charge on any atom is 0.416 e. The lowest BCUT2D eigenvalue weighted by molar-refractivity contribution is -0.137. The molecular formula is C26H30F4N2O2. The number of likely N-dealkylation sites (tertiary alicyclic amines) is 2. The zero-order chi connectivity index (χ0) is 24.3. The molecule has 2 fully saturated rings. The Hall–Kier alpha value is -2.29. The Balaban J connectivity index is 1.47. The van der Waals surface area contributed by atoms with Crippen LogP contribution >= 0.6 is 0 Å². The summed E-state index contributed by atoms with van der Waals surface area (Å²) < 4.78 is 54.6. The lowest BCUT2D eigenvalue weighted by Gasteiger charge is -2.45. The van der Waals surface area contributed by atoms with Crippen LogP contribution in [0.4, 0.5) is 17.6 Å². The molecule has 2 aliphatic heterocycles. The van der Waals surface area contributed by atoms with E-state index in [1.165, 1.54) is 12.1 Å². The highest BCUT2D eigenvalue weighted by Crippen LogP contribution is 2.38. The number of aliphatic hydroxyl groups is 1. The van der Waals surface area contributed by atoms with E-state index in [0.717, 1.165) is 38.1 Å². The molecule has 0 bridgehead atoms. The van der Waals surface area contributed by atoms with Crippen LogP contribution in [-0.4, -0.2) is 59.2 Å². The highest BCUT2D eigenvalue weighted by molar-refractivity contribution is 5.99. The van der Waals surface area contributed by atoms with E-state index in [1.807, 2.05) is 0 Å². The molecule has 8 heteroatoms. The number of carbonyl (C=O) groups is 1. The largest absolute Gasteiger partial charge is 0.416 e. The number of halogens is 4. The van der Waals surface area contributed by atoms with Gasteiger partial charge in [0, 0.05) is 25.1 Å². The molecule has 2 unspecified atom stereocenters. The predicted molar refractivity (Wildman–Crippen MR) is 121 cm³/mol. The molecule has 2 saturated heterocycles. The zero-order valence-corrected chi connectivity index (χ0v) is 19.0. The van der Waals surface area contributed by atoms with Gasteiger partial charge in [-0.2, -0.15) is 13.2 Å². The van der Waals surface area contributed by atoms with Gasteiger partial charge in [-0.3, -0.25) is 14.6 Å². The van der Waals surface area contributed by atoms with Crippen LogP contribution < -0.4 is 0 Å². The van der Waals surface area contributed by atoms with Crippen molar-refractivity contribution in [3.8, 4) is 0 Å². The molecule has 0 amide bonds. The van der Waals surface area contributed by atoms with Crippen LogP contribution in [0.15, 0.2) is 54.6 Å². The van der Waals surface area contributed by atoms with Crippen molar-refractivity contribution < 1.29 is 27.5 Å². The lowest BCUT2D eigenvalue weighted by Crippen LogP contribution is -2.54. The minimum Gasteiger partial charge on any atom is -0.385 e. The van der Waals surface area contributed by atoms with Crippen molar-refractivity contribution in [3.05, 3.63) is 71.3 Å². The molecular weight excluding hydrogens is 448 g/mol. The summed E-state index contributed by atoms with van der Waals surface area (Å²) >= 11 is 0. The maximum absolute atomic E-state index is 15.2. The van der Waals surface area contributed by atoms with Gasteiger partial charge in [-0.25, -0.2) is 4.39 Å². The summed E-state index contributed by atoms with van der Waals surface area (Å²) in [4.78, 5) is 16.9. The van der Waals surface area contributed by atoms with Crippen molar-refractivity contribution in [2.24, 2.45) is 0 Å². The quantitative estimate of drug-likeness (QED) is 0.448. The topological polar surface area (TPSA) is 43.8 Å². The Labute approximate surface area is 197 Å². The van der Waals surface area contributed by atoms with Crippen LogP contribution in [0.25, 0.3) is 0 Å². The molecule has 4 rings (SSSR count). The number of hydrogen-bond donors (Lipinski definition) is 1. The predicted octanol–water partition coefficient (Wildman–Crippen LogP) is 5.02. The fourth-order valence-electron chi connectivity index (χ4n) is 5.11. The van der Waals surface area contributed by atoms with Gasteiger partial charge < -0.3 is 5.11 Å². The van der Waals surface area contributed by atoms with E-state index in [0.29, 0.717) is 18.7 Å². The van der Waals surface area contributed by atoms with E-state index in [2.05, 4.69) is 9.80 Å². The van der Waals surface area contributed by atoms with Crippen molar-refractivity contribution in [2.75, 3.05) is 26.2 Å². The third kappa shape index (κ3) is 5.50. The number of carbonyl (C=O) groups excluding carboxylic acids is 1. The number of piperidine rings is 1. The van der Waals surface area contributed by atoms with Crippen molar-refractivity contribution in [1.29, 1.82) is 0 Å². The molecule has 0 aromatic heterocycles. The highest BCUT2D eigenvalue weighted by Gasteiger charge is 2.40. The first-order valence-corrected chi connectivity index (χ1v) is 11.8. The molecule has 2 heterocycles. The summed E-state index contributed by atoms with van der Waals surface area (Å²) in [7, 11) is 0. The molecule has 0 radical (unpaired) electrons. The zero-order valence-electron chi connectivity index (χ0n) is 19.0. The number of benzene rings is 2. The normalized spacial score (nSPS) is 21.3. The monoisotopic (exact) mass is 478 g/mol. The maximum atomic E-state index is 15.2. The first-order chi connectivity index (χ1) is 16.2. The van der Waals surface area contributed by atoms with Crippen LogP contribution in [0.1, 0.15) is 53.6 Å². The molecule has 0 saturated carbocycles. The summed E-state index contributed by atoms with van der Waals surface area (Å²) in [6.07, 6.45) is -3.92. The number of Topliss-reactive ketones (excluding diaryl/α,β-unsaturated/α-hetero) is 1. The second kappa shape index (κ2) is 10.1. The van der Waals surface area contributed by atoms with Crippen molar-refractivity contribution >= 4 is 5.78 Å². The average Bonchev–Trinajstić information content (AvgIpc) is 3.37. The van der Waals surface area contributed by atoms with Gasteiger partial charge in [0.05, 0.1) is 17.3 Å². The van der Waals surface area contributed by atoms with Crippen LogP contribution in [-0.2, 0) is 11.8 Å². The summed E-state index contributed by atoms with van der Waals surface area (Å²) in [6, 6.07) is 13.3. The van der Waals surface area contributed by atoms with Gasteiger partial charge in [0.2, 0.25) is 0 Å². The first-order valence-electron chi connectivity index (χ1n) is 11.8. The van der Waals surface area contributed by atoms with Gasteiger partial charge in [-0.1, -0.05) is 42.5 Å². The minimum absolute atomic E-state index is 0.0235. The first kappa shape index (κ1) is 24.8. The van der Waals surface area contributed by atoms with E-state index in [-0.39, 0.29) is 31.0 Å². The molecule has 184 valence electrons. The second-order valence-electron chi connectivity index (χ2n) is 9.30. The molecule has 4 nitrogen and oxygen atoms in total. The SMILES string of the molecule is O=C(c1ccccc1)C(F)CC(N1CCCC1)N1CCC(O)(c2cccc(C(F)(F)F)c2)CC1. The Morgan fingerprint density at radius 2 is 1.56 bits per heavy atom. The fraction of sp³-hybridized carbons (Fsp3) is 0.500. The molecule has 0 spiro atoms. The van der Waals surface area contributed by atoms with E-state index >= 15 is 4.39 Å². The van der Waals surface area contributed by atoms with Gasteiger partial charge in [-0.15, -0.1) is 0 Å². The van der Waals surface area contributed by atoms with Crippen LogP contribution in [0, 0.1) is 0 Å². The second-order valence-corrected chi connectivity index (χ2v) is 9.30. The van der Waals surface area contributed by atoms with Crippen molar-refractivity contribution in [2.45, 2.75) is 56.2 Å². The van der Waals surface area contributed by atoms with E-state index in [1.54, 1.807) is 30.3 Å². The average molecular weight is 479 g/mol. The van der Waals surface area contributed by atoms with Gasteiger partial charge in [0.25, 0.3) is 0 Å². The molecule has 1 N–H and O–H groups in total. The van der Waals surface area contributed by atoms with Crippen molar-refractivity contribution in [3.63, 3.8) is 0 Å². The third-order valence-electron chi connectivity index (χ3n) is 7.10. The van der Waals surface area contributed by atoms with Gasteiger partial charge in [0.15, 0.2) is 12.0 Å². The Kier molecular flexibility index (Phi) is 7.40. The Bertz CT molecular complexity index is 968. The number of rotatable bonds is 7. The van der Waals surface area contributed by atoms with Gasteiger partial charge in [-0.05, 0) is 56.5 Å². The van der Waals surface area contributed by atoms with E-state index < -0.39 is 29.3 Å². The number of alkyl halides is 4. The summed E-state index contributed by atoms with van der Waals surface area (Å²) in [5.74, 6) is -0.540. The van der Waals surface area contributed by atoms with Gasteiger partial charge in [0.1, 0.15) is 0 Å². The molecule has 0 aliphatic carbocycles. The van der Waals surface area contributed by atoms with Crippen LogP contribution in [0.2, 0.25) is 0 Å². The highest BCUT2D eigenvalue weighted by atomic mass is 19.4. The number of hydrogen-bond acceptors (Lipinski definition) is 4. The fourth-order valence-corrected chi connectivity index (χ4v) is 5.11. The summed E-state index contributed by atoms with van der Waals surface area (Å²) in [6.45, 7) is 2.43. The standard InChI is InChI=1S/C26H30F4N2O2/c27-22(24(33)19-7-2-1-3-8-19)18-23(31-13-4-5-14-31)32-15-11-25(34,12-16-32)20-9-6-10-21(17-20)26(28,29)30/h1-3,6-10,17,22-23,34H,4-5,11-16,18H2. The number of ketones is 1. The molecule has 2 aliphatic rings. The lowest BCUT2D eigenvalue weighted by atomic mass is 9.83. The summed E-state index contributed by atoms with van der Waals surface area (Å²) in [5, 5.41) is 11.2. The van der Waals surface area contributed by atoms with E-state index in [9.17, 15) is 23.1 Å². The molecule has 34 heavy (non-hydrogen) atoms. The summed E-state index contributed by atoms with van der Waals surface area (Å²) in [5.41, 5.74) is -1.56. The smallest absolute Gasteiger partial charge is 0.385 e. The molecule has 2 atom stereocenters. The number of nitrogens with zero attached hydrogens (tertiary/aromatic N) is 2. The van der Waals surface area contributed by atoms with Crippen LogP contribution in [0.5, 0.6) is 0 Å². The Morgan fingerprint density at radius 3 is 2.18 bits per heavy atom. The van der Waals surface area contributed by atoms with E-state index in [4.69, 9.17) is 0 Å². The van der Waals surface area contributed by atoms with Crippen molar-refractivity contribution in [1.82, 2.24) is 9.80 Å². The van der Waals surface area contributed by atoms with Gasteiger partial charge >= 0.3 is 6.18 Å². The van der Waals surface area contributed by atoms with Crippen LogP contribution in [0.3, 0.4) is 0 Å². The molecule has 2 aromatic carbocycles. The molecule has 2 aromatic rings. The third-order valence-corrected chi connectivity index (χ3v) is 7.10.